The molecule has 1 atom stereocenters. The number of rotatable bonds is 5. The molecule has 1 aliphatic carbocycles. The van der Waals surface area contributed by atoms with E-state index in [9.17, 15) is 14.4 Å². The number of hydrogen-bond donors (Lipinski definition) is 3. The molecule has 2 heterocycles. The molecule has 1 aliphatic rings. The van der Waals surface area contributed by atoms with E-state index in [0.717, 1.165) is 30.2 Å². The van der Waals surface area contributed by atoms with Crippen LogP contribution in [0.15, 0.2) is 29.6 Å². The average Bonchev–Trinajstić information content (AvgIpc) is 3.30. The molecule has 0 spiro atoms. The molecule has 1 aromatic carbocycles. The molecular weight excluding hydrogens is 390 g/mol. The molecule has 0 fully saturated rings. The van der Waals surface area contributed by atoms with E-state index in [0.29, 0.717) is 16.5 Å². The first-order valence-corrected chi connectivity index (χ1v) is 10.3. The van der Waals surface area contributed by atoms with E-state index in [1.165, 1.54) is 28.7 Å². The van der Waals surface area contributed by atoms with E-state index in [-0.39, 0.29) is 5.56 Å². The quantitative estimate of drug-likeness (QED) is 0.559. The van der Waals surface area contributed by atoms with Crippen molar-refractivity contribution < 1.29 is 19.1 Å². The number of thiophene rings is 1. The molecule has 3 aromatic rings. The van der Waals surface area contributed by atoms with Gasteiger partial charge in [-0.2, -0.15) is 0 Å². The maximum absolute atomic E-state index is 12.4. The average molecular weight is 411 g/mol. The van der Waals surface area contributed by atoms with Crippen LogP contribution in [0.2, 0.25) is 0 Å². The first kappa shape index (κ1) is 19.2. The van der Waals surface area contributed by atoms with Gasteiger partial charge in [0.05, 0.1) is 11.1 Å². The highest BCUT2D eigenvalue weighted by molar-refractivity contribution is 7.14. The summed E-state index contributed by atoms with van der Waals surface area (Å²) in [6.45, 7) is 1.78. The normalized spacial score (nSPS) is 15.7. The van der Waals surface area contributed by atoms with Gasteiger partial charge in [0.25, 0.3) is 11.8 Å². The van der Waals surface area contributed by atoms with E-state index in [1.54, 1.807) is 11.4 Å². The fourth-order valence-corrected chi connectivity index (χ4v) is 4.50. The number of primary amides is 1. The zero-order valence-corrected chi connectivity index (χ0v) is 16.7. The summed E-state index contributed by atoms with van der Waals surface area (Å²) in [6, 6.07) is 6.92. The minimum absolute atomic E-state index is 0.228. The van der Waals surface area contributed by atoms with E-state index in [2.05, 4.69) is 17.2 Å². The Labute approximate surface area is 171 Å². The molecule has 7 nitrogen and oxygen atoms in total. The van der Waals surface area contributed by atoms with Crippen LogP contribution in [0, 0.1) is 5.92 Å². The third kappa shape index (κ3) is 3.88. The molecule has 0 bridgehead atoms. The molecule has 2 aromatic heterocycles. The molecule has 2 amide bonds. The number of aromatic nitrogens is 1. The van der Waals surface area contributed by atoms with Gasteiger partial charge >= 0.3 is 5.97 Å². The molecular formula is C21H21N3O4S. The number of ether oxygens (including phenoxy) is 1. The fraction of sp³-hybridized carbons (Fsp3) is 0.286. The van der Waals surface area contributed by atoms with Crippen LogP contribution in [0.3, 0.4) is 0 Å². The second-order valence-corrected chi connectivity index (χ2v) is 8.26. The highest BCUT2D eigenvalue weighted by atomic mass is 32.1. The predicted molar refractivity (Wildman–Crippen MR) is 111 cm³/mol. The van der Waals surface area contributed by atoms with Crippen LogP contribution in [0.5, 0.6) is 0 Å². The van der Waals surface area contributed by atoms with Crippen molar-refractivity contribution in [2.45, 2.75) is 26.2 Å². The van der Waals surface area contributed by atoms with Gasteiger partial charge in [0.1, 0.15) is 5.00 Å². The van der Waals surface area contributed by atoms with E-state index in [4.69, 9.17) is 10.5 Å². The van der Waals surface area contributed by atoms with Crippen molar-refractivity contribution in [2.24, 2.45) is 11.7 Å². The summed E-state index contributed by atoms with van der Waals surface area (Å²) >= 11 is 1.18. The molecule has 4 rings (SSSR count). The second-order valence-electron chi connectivity index (χ2n) is 7.34. The summed E-state index contributed by atoms with van der Waals surface area (Å²) in [4.78, 5) is 39.3. The molecule has 0 unspecified atom stereocenters. The van der Waals surface area contributed by atoms with Gasteiger partial charge in [-0.3, -0.25) is 9.59 Å². The third-order valence-corrected chi connectivity index (χ3v) is 6.02. The Hall–Kier alpha value is -3.13. The van der Waals surface area contributed by atoms with Crippen molar-refractivity contribution in [3.8, 4) is 0 Å². The van der Waals surface area contributed by atoms with Crippen LogP contribution in [0.1, 0.15) is 45.3 Å². The van der Waals surface area contributed by atoms with Gasteiger partial charge in [0.15, 0.2) is 6.61 Å². The number of nitrogens with one attached hydrogen (secondary N) is 2. The van der Waals surface area contributed by atoms with Crippen molar-refractivity contribution in [3.05, 3.63) is 52.0 Å². The molecule has 8 heteroatoms. The Balaban J connectivity index is 1.44. The van der Waals surface area contributed by atoms with Gasteiger partial charge in [0.2, 0.25) is 0 Å². The SMILES string of the molecule is C[C@@H]1CCc2[nH]c3ccc(C(=O)OCC(=O)Nc4sccc4C(N)=O)cc3c2C1. The third-order valence-electron chi connectivity index (χ3n) is 5.19. The number of H-pyrrole nitrogens is 1. The number of benzene rings is 1. The number of carbonyl (C=O) groups is 3. The fourth-order valence-electron chi connectivity index (χ4n) is 3.70. The molecule has 150 valence electrons. The minimum atomic E-state index is -0.629. The number of aryl methyl sites for hydroxylation is 1. The number of aromatic amines is 1. The summed E-state index contributed by atoms with van der Waals surface area (Å²) in [6.07, 6.45) is 3.16. The highest BCUT2D eigenvalue weighted by Crippen LogP contribution is 2.32. The zero-order valence-electron chi connectivity index (χ0n) is 15.9. The smallest absolute Gasteiger partial charge is 0.338 e. The predicted octanol–water partition coefficient (Wildman–Crippen LogP) is 3.25. The maximum Gasteiger partial charge on any atom is 0.338 e. The zero-order chi connectivity index (χ0) is 20.5. The lowest BCUT2D eigenvalue weighted by Gasteiger charge is -2.18. The van der Waals surface area contributed by atoms with Crippen LogP contribution >= 0.6 is 11.3 Å². The number of esters is 1. The molecule has 29 heavy (non-hydrogen) atoms. The Kier molecular flexibility index (Phi) is 5.10. The van der Waals surface area contributed by atoms with Crippen molar-refractivity contribution in [2.75, 3.05) is 11.9 Å². The van der Waals surface area contributed by atoms with Crippen LogP contribution < -0.4 is 11.1 Å². The Morgan fingerprint density at radius 3 is 2.93 bits per heavy atom. The summed E-state index contributed by atoms with van der Waals surface area (Å²) in [7, 11) is 0. The van der Waals surface area contributed by atoms with Crippen LogP contribution in [0.4, 0.5) is 5.00 Å². The maximum atomic E-state index is 12.4. The van der Waals surface area contributed by atoms with Gasteiger partial charge in [-0.25, -0.2) is 4.79 Å². The van der Waals surface area contributed by atoms with Crippen molar-refractivity contribution >= 4 is 45.0 Å². The highest BCUT2D eigenvalue weighted by Gasteiger charge is 2.21. The summed E-state index contributed by atoms with van der Waals surface area (Å²) in [5.41, 5.74) is 9.40. The topological polar surface area (TPSA) is 114 Å². The Bertz CT molecular complexity index is 1110. The minimum Gasteiger partial charge on any atom is -0.452 e. The van der Waals surface area contributed by atoms with Gasteiger partial charge in [0, 0.05) is 16.6 Å². The first-order chi connectivity index (χ1) is 13.9. The van der Waals surface area contributed by atoms with Gasteiger partial charge < -0.3 is 20.8 Å². The number of amides is 2. The van der Waals surface area contributed by atoms with Gasteiger partial charge in [-0.05, 0) is 60.4 Å². The molecule has 0 aliphatic heterocycles. The molecule has 0 radical (unpaired) electrons. The molecule has 0 saturated heterocycles. The second kappa shape index (κ2) is 7.71. The van der Waals surface area contributed by atoms with Gasteiger partial charge in [-0.15, -0.1) is 11.3 Å². The number of hydrogen-bond acceptors (Lipinski definition) is 5. The number of anilines is 1. The van der Waals surface area contributed by atoms with Crippen molar-refractivity contribution in [3.63, 3.8) is 0 Å². The van der Waals surface area contributed by atoms with Crippen LogP contribution in [-0.2, 0) is 22.4 Å². The lowest BCUT2D eigenvalue weighted by atomic mass is 9.87. The molecule has 4 N–H and O–H groups in total. The van der Waals surface area contributed by atoms with Crippen molar-refractivity contribution in [1.29, 1.82) is 0 Å². The Morgan fingerprint density at radius 1 is 1.31 bits per heavy atom. The molecule has 0 saturated carbocycles. The summed E-state index contributed by atoms with van der Waals surface area (Å²) in [5, 5.41) is 5.57. The lowest BCUT2D eigenvalue weighted by molar-refractivity contribution is -0.119. The summed E-state index contributed by atoms with van der Waals surface area (Å²) in [5.74, 6) is -1.11. The van der Waals surface area contributed by atoms with Crippen LogP contribution in [-0.4, -0.2) is 29.4 Å². The van der Waals surface area contributed by atoms with Crippen LogP contribution in [0.25, 0.3) is 10.9 Å². The monoisotopic (exact) mass is 411 g/mol. The largest absolute Gasteiger partial charge is 0.452 e. The van der Waals surface area contributed by atoms with Crippen molar-refractivity contribution in [1.82, 2.24) is 4.98 Å². The summed E-state index contributed by atoms with van der Waals surface area (Å²) < 4.78 is 5.16. The number of nitrogens with two attached hydrogens (primary N) is 1. The standard InChI is InChI=1S/C21H21N3O4S/c1-11-2-4-16-14(8-11)15-9-12(3-5-17(15)23-16)21(27)28-10-18(25)24-20-13(19(22)26)6-7-29-20/h3,5-7,9,11,23H,2,4,8,10H2,1H3,(H2,22,26)(H,24,25)/t11-/m1/s1. The first-order valence-electron chi connectivity index (χ1n) is 9.40. The van der Waals surface area contributed by atoms with E-state index < -0.39 is 24.4 Å². The number of fused-ring (bicyclic) bond motifs is 3. The van der Waals surface area contributed by atoms with Gasteiger partial charge in [-0.1, -0.05) is 6.92 Å². The number of carbonyl (C=O) groups excluding carboxylic acids is 3. The van der Waals surface area contributed by atoms with E-state index >= 15 is 0 Å². The Morgan fingerprint density at radius 2 is 2.14 bits per heavy atom. The van der Waals surface area contributed by atoms with E-state index in [1.807, 2.05) is 12.1 Å². The lowest BCUT2D eigenvalue weighted by Crippen LogP contribution is -2.22.